The van der Waals surface area contributed by atoms with Crippen LogP contribution in [-0.2, 0) is 0 Å². The second-order valence-electron chi connectivity index (χ2n) is 6.06. The van der Waals surface area contributed by atoms with Crippen LogP contribution in [0.15, 0.2) is 30.3 Å². The van der Waals surface area contributed by atoms with Gasteiger partial charge in [0.2, 0.25) is 0 Å². The molecule has 0 spiro atoms. The summed E-state index contributed by atoms with van der Waals surface area (Å²) in [6.07, 6.45) is 3.53. The number of benzene rings is 1. The van der Waals surface area contributed by atoms with Crippen LogP contribution in [0, 0.1) is 17.2 Å². The Bertz CT molecular complexity index is 640. The summed E-state index contributed by atoms with van der Waals surface area (Å²) in [5, 5.41) is 13.7. The van der Waals surface area contributed by atoms with E-state index in [0.717, 1.165) is 23.2 Å². The van der Waals surface area contributed by atoms with Crippen LogP contribution in [0.5, 0.6) is 0 Å². The van der Waals surface area contributed by atoms with E-state index >= 15 is 0 Å². The van der Waals surface area contributed by atoms with Gasteiger partial charge >= 0.3 is 0 Å². The number of fused-ring (bicyclic) bond motifs is 1. The number of nitrogens with one attached hydrogen (secondary N) is 1. The molecule has 3 nitrogen and oxygen atoms in total. The quantitative estimate of drug-likeness (QED) is 0.832. The Balaban J connectivity index is 2.11. The minimum absolute atomic E-state index is 0.324. The van der Waals surface area contributed by atoms with Crippen LogP contribution in [0.2, 0.25) is 0 Å². The van der Waals surface area contributed by atoms with Gasteiger partial charge in [-0.1, -0.05) is 44.9 Å². The predicted octanol–water partition coefficient (Wildman–Crippen LogP) is 4.73. The zero-order valence-electron chi connectivity index (χ0n) is 13.1. The predicted molar refractivity (Wildman–Crippen MR) is 88.2 cm³/mol. The number of nitriles is 1. The summed E-state index contributed by atoms with van der Waals surface area (Å²) < 4.78 is 0. The second kappa shape index (κ2) is 7.08. The lowest BCUT2D eigenvalue weighted by Gasteiger charge is -2.16. The van der Waals surface area contributed by atoms with Gasteiger partial charge in [0.1, 0.15) is 11.9 Å². The van der Waals surface area contributed by atoms with Gasteiger partial charge in [-0.15, -0.1) is 0 Å². The fourth-order valence-corrected chi connectivity index (χ4v) is 2.45. The average Bonchev–Trinajstić information content (AvgIpc) is 2.46. The van der Waals surface area contributed by atoms with E-state index < -0.39 is 0 Å². The van der Waals surface area contributed by atoms with Gasteiger partial charge < -0.3 is 5.32 Å². The lowest BCUT2D eigenvalue weighted by atomic mass is 10.0. The summed E-state index contributed by atoms with van der Waals surface area (Å²) in [7, 11) is 0. The van der Waals surface area contributed by atoms with Crippen LogP contribution in [0.25, 0.3) is 10.9 Å². The van der Waals surface area contributed by atoms with Crippen LogP contribution in [0.3, 0.4) is 0 Å². The molecule has 0 aliphatic rings. The van der Waals surface area contributed by atoms with Crippen LogP contribution in [-0.4, -0.2) is 11.0 Å². The van der Waals surface area contributed by atoms with Crippen molar-refractivity contribution in [3.63, 3.8) is 0 Å². The first-order chi connectivity index (χ1) is 10.1. The normalized spacial score (nSPS) is 12.3. The average molecular weight is 281 g/mol. The molecule has 0 aliphatic heterocycles. The van der Waals surface area contributed by atoms with Crippen molar-refractivity contribution in [2.24, 2.45) is 5.92 Å². The highest BCUT2D eigenvalue weighted by atomic mass is 15.0. The summed E-state index contributed by atoms with van der Waals surface area (Å²) in [6.45, 7) is 6.64. The Hall–Kier alpha value is -2.08. The van der Waals surface area contributed by atoms with Crippen molar-refractivity contribution in [1.29, 1.82) is 5.26 Å². The Labute approximate surface area is 127 Å². The van der Waals surface area contributed by atoms with Gasteiger partial charge in [-0.2, -0.15) is 5.26 Å². The standard InChI is InChI=1S/C18H23N3/c1-13(2)7-6-8-14(3)20-18-16(12-19)11-15-9-4-5-10-17(15)21-18/h4-5,9-11,13-14H,6-8H2,1-3H3,(H,20,21). The molecular formula is C18H23N3. The Kier molecular flexibility index (Phi) is 5.16. The number of nitrogens with zero attached hydrogens (tertiary/aromatic N) is 2. The van der Waals surface area contributed by atoms with Crippen molar-refractivity contribution < 1.29 is 0 Å². The molecule has 0 fully saturated rings. The number of para-hydroxylation sites is 1. The van der Waals surface area contributed by atoms with Crippen LogP contribution in [0.1, 0.15) is 45.6 Å². The number of aromatic nitrogens is 1. The van der Waals surface area contributed by atoms with E-state index in [0.29, 0.717) is 17.4 Å². The van der Waals surface area contributed by atoms with Gasteiger partial charge in [0.05, 0.1) is 11.1 Å². The second-order valence-corrected chi connectivity index (χ2v) is 6.06. The summed E-state index contributed by atoms with van der Waals surface area (Å²) in [5.41, 5.74) is 1.54. The third-order valence-corrected chi connectivity index (χ3v) is 3.65. The molecular weight excluding hydrogens is 258 g/mol. The molecule has 1 atom stereocenters. The minimum Gasteiger partial charge on any atom is -0.367 e. The molecule has 1 aromatic carbocycles. The first-order valence-corrected chi connectivity index (χ1v) is 7.66. The van der Waals surface area contributed by atoms with Crippen LogP contribution in [0.4, 0.5) is 5.82 Å². The third-order valence-electron chi connectivity index (χ3n) is 3.65. The number of hydrogen-bond acceptors (Lipinski definition) is 3. The highest BCUT2D eigenvalue weighted by molar-refractivity contribution is 5.82. The zero-order chi connectivity index (χ0) is 15.2. The number of hydrogen-bond donors (Lipinski definition) is 1. The van der Waals surface area contributed by atoms with E-state index in [-0.39, 0.29) is 0 Å². The molecule has 0 aliphatic carbocycles. The zero-order valence-corrected chi connectivity index (χ0v) is 13.1. The number of rotatable bonds is 6. The van der Waals surface area contributed by atoms with Gasteiger partial charge in [-0.05, 0) is 31.4 Å². The van der Waals surface area contributed by atoms with Crippen molar-refractivity contribution >= 4 is 16.7 Å². The summed E-state index contributed by atoms with van der Waals surface area (Å²) in [5.74, 6) is 1.44. The first-order valence-electron chi connectivity index (χ1n) is 7.66. The SMILES string of the molecule is CC(C)CCCC(C)Nc1nc2ccccc2cc1C#N. The molecule has 21 heavy (non-hydrogen) atoms. The largest absolute Gasteiger partial charge is 0.367 e. The summed E-state index contributed by atoms with van der Waals surface area (Å²) >= 11 is 0. The monoisotopic (exact) mass is 281 g/mol. The van der Waals surface area contributed by atoms with Crippen molar-refractivity contribution in [3.8, 4) is 6.07 Å². The molecule has 1 unspecified atom stereocenters. The van der Waals surface area contributed by atoms with Crippen LogP contribution >= 0.6 is 0 Å². The van der Waals surface area contributed by atoms with E-state index in [4.69, 9.17) is 0 Å². The maximum atomic E-state index is 9.31. The third kappa shape index (κ3) is 4.19. The minimum atomic E-state index is 0.324. The molecule has 0 amide bonds. The lowest BCUT2D eigenvalue weighted by molar-refractivity contribution is 0.520. The fourth-order valence-electron chi connectivity index (χ4n) is 2.45. The Morgan fingerprint density at radius 2 is 1.95 bits per heavy atom. The van der Waals surface area contributed by atoms with Crippen LogP contribution < -0.4 is 5.32 Å². The Morgan fingerprint density at radius 1 is 1.19 bits per heavy atom. The number of anilines is 1. The summed E-state index contributed by atoms with van der Waals surface area (Å²) in [6, 6.07) is 12.4. The smallest absolute Gasteiger partial charge is 0.144 e. The van der Waals surface area contributed by atoms with Gasteiger partial charge in [-0.25, -0.2) is 4.98 Å². The maximum Gasteiger partial charge on any atom is 0.144 e. The maximum absolute atomic E-state index is 9.31. The highest BCUT2D eigenvalue weighted by Gasteiger charge is 2.10. The lowest BCUT2D eigenvalue weighted by Crippen LogP contribution is -2.17. The molecule has 0 saturated carbocycles. The molecule has 1 heterocycles. The first kappa shape index (κ1) is 15.3. The molecule has 2 aromatic rings. The van der Waals surface area contributed by atoms with E-state index in [1.165, 1.54) is 12.8 Å². The molecule has 0 bridgehead atoms. The van der Waals surface area contributed by atoms with Crippen molar-refractivity contribution in [2.45, 2.75) is 46.1 Å². The number of pyridine rings is 1. The Morgan fingerprint density at radius 3 is 2.67 bits per heavy atom. The molecule has 3 heteroatoms. The van der Waals surface area contributed by atoms with E-state index in [9.17, 15) is 5.26 Å². The molecule has 0 radical (unpaired) electrons. The molecule has 1 aromatic heterocycles. The molecule has 110 valence electrons. The van der Waals surface area contributed by atoms with Crippen molar-refractivity contribution in [3.05, 3.63) is 35.9 Å². The molecule has 1 N–H and O–H groups in total. The van der Waals surface area contributed by atoms with E-state index in [1.54, 1.807) is 0 Å². The molecule has 2 rings (SSSR count). The van der Waals surface area contributed by atoms with E-state index in [2.05, 4.69) is 37.1 Å². The van der Waals surface area contributed by atoms with E-state index in [1.807, 2.05) is 30.3 Å². The van der Waals surface area contributed by atoms with Crippen molar-refractivity contribution in [2.75, 3.05) is 5.32 Å². The van der Waals surface area contributed by atoms with Gasteiger partial charge in [0.15, 0.2) is 0 Å². The van der Waals surface area contributed by atoms with Gasteiger partial charge in [-0.3, -0.25) is 0 Å². The fraction of sp³-hybridized carbons (Fsp3) is 0.444. The molecule has 0 saturated heterocycles. The topological polar surface area (TPSA) is 48.7 Å². The van der Waals surface area contributed by atoms with Gasteiger partial charge in [0.25, 0.3) is 0 Å². The van der Waals surface area contributed by atoms with Gasteiger partial charge in [0, 0.05) is 11.4 Å². The summed E-state index contributed by atoms with van der Waals surface area (Å²) in [4.78, 5) is 4.60. The highest BCUT2D eigenvalue weighted by Crippen LogP contribution is 2.21. The van der Waals surface area contributed by atoms with Crippen molar-refractivity contribution in [1.82, 2.24) is 4.98 Å².